The zero-order chi connectivity index (χ0) is 14.2. The molecule has 5 heteroatoms. The van der Waals surface area contributed by atoms with Crippen LogP contribution >= 0.6 is 0 Å². The van der Waals surface area contributed by atoms with Gasteiger partial charge in [0, 0.05) is 18.4 Å². The number of hydrogen-bond donors (Lipinski definition) is 1. The van der Waals surface area contributed by atoms with E-state index >= 15 is 0 Å². The molecule has 0 atom stereocenters. The van der Waals surface area contributed by atoms with Crippen LogP contribution in [0.5, 0.6) is 0 Å². The Hall–Kier alpha value is -2.30. The van der Waals surface area contributed by atoms with Crippen LogP contribution in [0.1, 0.15) is 28.7 Å². The van der Waals surface area contributed by atoms with E-state index < -0.39 is 5.91 Å². The van der Waals surface area contributed by atoms with Crippen molar-refractivity contribution in [3.8, 4) is 11.3 Å². The van der Waals surface area contributed by atoms with Crippen molar-refractivity contribution >= 4 is 5.91 Å². The highest BCUT2D eigenvalue weighted by Gasteiger charge is 2.22. The lowest BCUT2D eigenvalue weighted by molar-refractivity contribution is 0.0997. The first-order valence-corrected chi connectivity index (χ1v) is 6.05. The molecule has 0 bridgehead atoms. The fourth-order valence-electron chi connectivity index (χ4n) is 2.34. The highest BCUT2D eigenvalue weighted by Crippen LogP contribution is 2.22. The number of amides is 1. The molecule has 0 aliphatic carbocycles. The molecule has 0 spiro atoms. The first-order valence-electron chi connectivity index (χ1n) is 6.05. The van der Waals surface area contributed by atoms with Crippen LogP contribution in [0.15, 0.2) is 27.6 Å². The van der Waals surface area contributed by atoms with E-state index in [0.717, 1.165) is 5.69 Å². The summed E-state index contributed by atoms with van der Waals surface area (Å²) in [6.07, 6.45) is 2.05. The van der Waals surface area contributed by atoms with Crippen LogP contribution in [0.4, 0.5) is 0 Å². The van der Waals surface area contributed by atoms with Gasteiger partial charge in [-0.3, -0.25) is 9.59 Å². The number of nitrogens with zero attached hydrogens (tertiary/aromatic N) is 1. The largest absolute Gasteiger partial charge is 0.464 e. The molecular weight excluding hydrogens is 244 g/mol. The van der Waals surface area contributed by atoms with E-state index in [9.17, 15) is 9.59 Å². The third kappa shape index (κ3) is 1.97. The van der Waals surface area contributed by atoms with E-state index in [2.05, 4.69) is 0 Å². The van der Waals surface area contributed by atoms with Crippen molar-refractivity contribution in [2.45, 2.75) is 20.3 Å². The summed E-state index contributed by atoms with van der Waals surface area (Å²) in [5.74, 6) is -0.256. The molecule has 0 saturated carbocycles. The molecule has 1 amide bonds. The maximum atomic E-state index is 12.5. The second kappa shape index (κ2) is 4.76. The lowest BCUT2D eigenvalue weighted by atomic mass is 10.0. The summed E-state index contributed by atoms with van der Waals surface area (Å²) in [4.78, 5) is 24.1. The monoisotopic (exact) mass is 260 g/mol. The van der Waals surface area contributed by atoms with Crippen molar-refractivity contribution in [3.63, 3.8) is 0 Å². The summed E-state index contributed by atoms with van der Waals surface area (Å²) in [5, 5.41) is 0. The highest BCUT2D eigenvalue weighted by atomic mass is 16.3. The van der Waals surface area contributed by atoms with E-state index in [1.165, 1.54) is 6.26 Å². The van der Waals surface area contributed by atoms with Crippen molar-refractivity contribution in [3.05, 3.63) is 45.6 Å². The minimum atomic E-state index is -0.703. The van der Waals surface area contributed by atoms with E-state index in [0.29, 0.717) is 23.4 Å². The third-order valence-electron chi connectivity index (χ3n) is 3.36. The van der Waals surface area contributed by atoms with Crippen LogP contribution in [0.3, 0.4) is 0 Å². The van der Waals surface area contributed by atoms with Crippen LogP contribution in [0.2, 0.25) is 0 Å². The van der Waals surface area contributed by atoms with Crippen molar-refractivity contribution in [1.29, 1.82) is 0 Å². The summed E-state index contributed by atoms with van der Waals surface area (Å²) < 4.78 is 7.10. The van der Waals surface area contributed by atoms with Crippen molar-refractivity contribution in [2.75, 3.05) is 0 Å². The van der Waals surface area contributed by atoms with Gasteiger partial charge in [0.25, 0.3) is 5.91 Å². The van der Waals surface area contributed by atoms with Crippen molar-refractivity contribution in [2.24, 2.45) is 12.8 Å². The Labute approximate surface area is 110 Å². The van der Waals surface area contributed by atoms with E-state index in [-0.39, 0.29) is 11.0 Å². The Bertz CT molecular complexity index is 682. The smallest absolute Gasteiger partial charge is 0.254 e. The Kier molecular flexibility index (Phi) is 3.29. The number of aromatic nitrogens is 1. The number of furan rings is 1. The van der Waals surface area contributed by atoms with E-state index in [1.807, 2.05) is 25.5 Å². The van der Waals surface area contributed by atoms with Crippen LogP contribution < -0.4 is 11.2 Å². The first-order chi connectivity index (χ1) is 8.99. The second-order valence-electron chi connectivity index (χ2n) is 4.37. The third-order valence-corrected chi connectivity index (χ3v) is 3.36. The number of carbonyl (C=O) groups is 1. The number of pyridine rings is 1. The van der Waals surface area contributed by atoms with Gasteiger partial charge in [0.15, 0.2) is 0 Å². The number of nitrogens with two attached hydrogens (primary N) is 1. The van der Waals surface area contributed by atoms with Crippen LogP contribution in [0, 0.1) is 6.92 Å². The van der Waals surface area contributed by atoms with Gasteiger partial charge >= 0.3 is 0 Å². The topological polar surface area (TPSA) is 78.2 Å². The van der Waals surface area contributed by atoms with Gasteiger partial charge in [-0.2, -0.15) is 0 Å². The predicted molar refractivity (Wildman–Crippen MR) is 72.0 cm³/mol. The van der Waals surface area contributed by atoms with Gasteiger partial charge in [0.1, 0.15) is 11.3 Å². The molecule has 0 aliphatic rings. The summed E-state index contributed by atoms with van der Waals surface area (Å²) >= 11 is 0. The summed E-state index contributed by atoms with van der Waals surface area (Å²) in [7, 11) is 1.81. The van der Waals surface area contributed by atoms with Crippen molar-refractivity contribution < 1.29 is 9.21 Å². The lowest BCUT2D eigenvalue weighted by Gasteiger charge is -2.16. The zero-order valence-electron chi connectivity index (χ0n) is 11.2. The molecule has 0 radical (unpaired) electrons. The number of rotatable bonds is 3. The van der Waals surface area contributed by atoms with E-state index in [1.54, 1.807) is 12.1 Å². The van der Waals surface area contributed by atoms with Gasteiger partial charge in [0.05, 0.1) is 11.8 Å². The molecular formula is C14H16N2O3. The summed E-state index contributed by atoms with van der Waals surface area (Å²) in [6, 6.07) is 3.39. The molecule has 0 aromatic carbocycles. The van der Waals surface area contributed by atoms with Gasteiger partial charge < -0.3 is 14.7 Å². The molecule has 5 nitrogen and oxygen atoms in total. The minimum absolute atomic E-state index is 0.0435. The predicted octanol–water partition coefficient (Wildman–Crippen LogP) is 1.62. The Morgan fingerprint density at radius 1 is 1.47 bits per heavy atom. The maximum absolute atomic E-state index is 12.5. The maximum Gasteiger partial charge on any atom is 0.254 e. The molecule has 2 N–H and O–H groups in total. The van der Waals surface area contributed by atoms with Gasteiger partial charge in [-0.05, 0) is 25.5 Å². The molecule has 0 unspecified atom stereocenters. The van der Waals surface area contributed by atoms with Crippen LogP contribution in [-0.4, -0.2) is 10.5 Å². The van der Waals surface area contributed by atoms with Crippen molar-refractivity contribution in [1.82, 2.24) is 4.57 Å². The number of carbonyl (C=O) groups excluding carboxylic acids is 1. The summed E-state index contributed by atoms with van der Waals surface area (Å²) in [5.41, 5.74) is 6.81. The Balaban J connectivity index is 2.91. The number of primary amides is 1. The average molecular weight is 260 g/mol. The molecule has 2 rings (SSSR count). The minimum Gasteiger partial charge on any atom is -0.464 e. The molecule has 0 saturated heterocycles. The zero-order valence-corrected chi connectivity index (χ0v) is 11.2. The van der Waals surface area contributed by atoms with Crippen LogP contribution in [0.25, 0.3) is 11.3 Å². The Morgan fingerprint density at radius 2 is 2.16 bits per heavy atom. The molecule has 100 valence electrons. The van der Waals surface area contributed by atoms with Gasteiger partial charge in [-0.15, -0.1) is 0 Å². The van der Waals surface area contributed by atoms with Gasteiger partial charge in [-0.1, -0.05) is 6.92 Å². The average Bonchev–Trinajstić information content (AvgIpc) is 2.86. The molecule has 2 heterocycles. The lowest BCUT2D eigenvalue weighted by Crippen LogP contribution is -2.29. The standard InChI is InChI=1S/C14H16N2O3/c1-4-9-12(14(15)18)13(17)11(8(2)16(9)3)10-6-5-7-19-10/h5-7H,4H2,1-3H3,(H2,15,18). The molecule has 2 aromatic rings. The molecule has 0 aliphatic heterocycles. The number of hydrogen-bond acceptors (Lipinski definition) is 3. The quantitative estimate of drug-likeness (QED) is 0.910. The SMILES string of the molecule is CCc1c(C(N)=O)c(=O)c(-c2ccco2)c(C)n1C. The Morgan fingerprint density at radius 3 is 2.63 bits per heavy atom. The second-order valence-corrected chi connectivity index (χ2v) is 4.37. The van der Waals surface area contributed by atoms with Gasteiger partial charge in [-0.25, -0.2) is 0 Å². The molecule has 0 fully saturated rings. The first kappa shape index (κ1) is 13.1. The van der Waals surface area contributed by atoms with Crippen LogP contribution in [-0.2, 0) is 13.5 Å². The molecule has 2 aromatic heterocycles. The fraction of sp³-hybridized carbons (Fsp3) is 0.286. The van der Waals surface area contributed by atoms with E-state index in [4.69, 9.17) is 10.2 Å². The highest BCUT2D eigenvalue weighted by molar-refractivity contribution is 5.95. The molecule has 19 heavy (non-hydrogen) atoms. The normalized spacial score (nSPS) is 10.7. The summed E-state index contributed by atoms with van der Waals surface area (Å²) in [6.45, 7) is 3.70. The fourth-order valence-corrected chi connectivity index (χ4v) is 2.34. The van der Waals surface area contributed by atoms with Gasteiger partial charge in [0.2, 0.25) is 5.43 Å².